The Morgan fingerprint density at radius 1 is 1.28 bits per heavy atom. The summed E-state index contributed by atoms with van der Waals surface area (Å²) < 4.78 is 0. The Kier molecular flexibility index (Phi) is 4.17. The number of rotatable bonds is 2. The van der Waals surface area contributed by atoms with E-state index < -0.39 is 0 Å². The zero-order valence-corrected chi connectivity index (χ0v) is 11.5. The van der Waals surface area contributed by atoms with Gasteiger partial charge in [0, 0.05) is 11.4 Å². The van der Waals surface area contributed by atoms with Gasteiger partial charge in [-0.15, -0.1) is 11.6 Å². The molecule has 1 aliphatic rings. The second kappa shape index (κ2) is 5.65. The Morgan fingerprint density at radius 3 is 2.61 bits per heavy atom. The van der Waals surface area contributed by atoms with Crippen molar-refractivity contribution in [2.45, 2.75) is 50.9 Å². The van der Waals surface area contributed by atoms with Crippen molar-refractivity contribution in [1.82, 2.24) is 15.5 Å². The molecule has 0 aromatic carbocycles. The van der Waals surface area contributed by atoms with E-state index in [1.807, 2.05) is 6.92 Å². The van der Waals surface area contributed by atoms with Crippen LogP contribution >= 0.6 is 11.6 Å². The number of alkyl halides is 1. The lowest BCUT2D eigenvalue weighted by Crippen LogP contribution is -2.38. The molecule has 1 heterocycles. The molecule has 1 aromatic rings. The molecule has 2 rings (SSSR count). The second-order valence-corrected chi connectivity index (χ2v) is 5.52. The zero-order valence-electron chi connectivity index (χ0n) is 10.7. The molecule has 1 N–H and O–H groups in total. The fraction of sp³-hybridized carbons (Fsp3) is 0.615. The van der Waals surface area contributed by atoms with Gasteiger partial charge in [0.05, 0.1) is 17.0 Å². The van der Waals surface area contributed by atoms with E-state index in [9.17, 15) is 4.79 Å². The van der Waals surface area contributed by atoms with Gasteiger partial charge in [-0.1, -0.05) is 0 Å². The van der Waals surface area contributed by atoms with Gasteiger partial charge >= 0.3 is 0 Å². The smallest absolute Gasteiger partial charge is 0.253 e. The molecule has 1 amide bonds. The van der Waals surface area contributed by atoms with Gasteiger partial charge in [0.25, 0.3) is 5.91 Å². The summed E-state index contributed by atoms with van der Waals surface area (Å²) in [5.74, 6) is -0.0523. The van der Waals surface area contributed by atoms with Crippen molar-refractivity contribution in [3.05, 3.63) is 23.0 Å². The molecule has 0 radical (unpaired) electrons. The van der Waals surface area contributed by atoms with Crippen molar-refractivity contribution in [2.24, 2.45) is 0 Å². The predicted molar refractivity (Wildman–Crippen MR) is 70.9 cm³/mol. The maximum absolute atomic E-state index is 12.2. The van der Waals surface area contributed by atoms with Crippen molar-refractivity contribution >= 4 is 17.5 Å². The van der Waals surface area contributed by atoms with E-state index in [1.54, 1.807) is 13.0 Å². The van der Waals surface area contributed by atoms with Crippen LogP contribution in [0.2, 0.25) is 0 Å². The molecule has 18 heavy (non-hydrogen) atoms. The molecule has 1 aromatic heterocycles. The molecule has 0 aliphatic heterocycles. The largest absolute Gasteiger partial charge is 0.349 e. The van der Waals surface area contributed by atoms with Crippen LogP contribution in [0.25, 0.3) is 0 Å². The summed E-state index contributed by atoms with van der Waals surface area (Å²) in [7, 11) is 0. The van der Waals surface area contributed by atoms with Gasteiger partial charge < -0.3 is 5.32 Å². The quantitative estimate of drug-likeness (QED) is 0.837. The molecule has 5 heteroatoms. The van der Waals surface area contributed by atoms with Gasteiger partial charge in [-0.3, -0.25) is 4.79 Å². The lowest BCUT2D eigenvalue weighted by atomic mass is 9.95. The number of carbonyl (C=O) groups excluding carboxylic acids is 1. The molecule has 0 bridgehead atoms. The van der Waals surface area contributed by atoms with Gasteiger partial charge in [0.2, 0.25) is 0 Å². The van der Waals surface area contributed by atoms with E-state index in [0.29, 0.717) is 11.3 Å². The maximum atomic E-state index is 12.2. The lowest BCUT2D eigenvalue weighted by molar-refractivity contribution is 0.0926. The first-order chi connectivity index (χ1) is 8.56. The molecular formula is C13H18ClN3O. The first kappa shape index (κ1) is 13.3. The first-order valence-electron chi connectivity index (χ1n) is 6.32. The average molecular weight is 268 g/mol. The lowest BCUT2D eigenvalue weighted by Gasteiger charge is -2.25. The van der Waals surface area contributed by atoms with Crippen molar-refractivity contribution in [3.63, 3.8) is 0 Å². The summed E-state index contributed by atoms with van der Waals surface area (Å²) >= 11 is 6.05. The van der Waals surface area contributed by atoms with Crippen LogP contribution in [-0.4, -0.2) is 27.5 Å². The third kappa shape index (κ3) is 3.19. The second-order valence-electron chi connectivity index (χ2n) is 4.91. The van der Waals surface area contributed by atoms with Crippen molar-refractivity contribution < 1.29 is 4.79 Å². The molecule has 98 valence electrons. The fourth-order valence-corrected chi connectivity index (χ4v) is 2.49. The summed E-state index contributed by atoms with van der Waals surface area (Å²) in [5, 5.41) is 11.2. The average Bonchev–Trinajstić information content (AvgIpc) is 2.35. The number of amides is 1. The minimum Gasteiger partial charge on any atom is -0.349 e. The topological polar surface area (TPSA) is 54.9 Å². The highest BCUT2D eigenvalue weighted by Crippen LogP contribution is 2.23. The van der Waals surface area contributed by atoms with E-state index in [0.717, 1.165) is 31.4 Å². The summed E-state index contributed by atoms with van der Waals surface area (Å²) in [6.45, 7) is 3.64. The molecule has 0 saturated heterocycles. The fourth-order valence-electron chi connectivity index (χ4n) is 2.24. The Bertz CT molecular complexity index is 442. The number of hydrogen-bond donors (Lipinski definition) is 1. The van der Waals surface area contributed by atoms with Crippen LogP contribution in [0, 0.1) is 13.8 Å². The van der Waals surface area contributed by atoms with Crippen LogP contribution in [0.1, 0.15) is 47.4 Å². The van der Waals surface area contributed by atoms with Gasteiger partial charge in [0.15, 0.2) is 0 Å². The third-order valence-electron chi connectivity index (χ3n) is 3.34. The molecule has 0 atom stereocenters. The van der Waals surface area contributed by atoms with Crippen LogP contribution in [0.4, 0.5) is 0 Å². The van der Waals surface area contributed by atoms with Crippen LogP contribution in [0.15, 0.2) is 6.07 Å². The van der Waals surface area contributed by atoms with Crippen LogP contribution in [0.5, 0.6) is 0 Å². The number of hydrogen-bond acceptors (Lipinski definition) is 3. The van der Waals surface area contributed by atoms with Gasteiger partial charge in [-0.2, -0.15) is 10.2 Å². The Hall–Kier alpha value is -1.16. The molecule has 0 spiro atoms. The molecule has 1 fully saturated rings. The maximum Gasteiger partial charge on any atom is 0.253 e. The number of halogens is 1. The number of nitrogens with zero attached hydrogens (tertiary/aromatic N) is 2. The minimum atomic E-state index is -0.0523. The van der Waals surface area contributed by atoms with E-state index in [-0.39, 0.29) is 17.3 Å². The molecular weight excluding hydrogens is 250 g/mol. The van der Waals surface area contributed by atoms with Gasteiger partial charge in [-0.05, 0) is 45.6 Å². The Morgan fingerprint density at radius 2 is 1.94 bits per heavy atom. The van der Waals surface area contributed by atoms with E-state index in [1.165, 1.54) is 0 Å². The predicted octanol–water partition coefficient (Wildman–Crippen LogP) is 2.37. The number of carbonyl (C=O) groups is 1. The van der Waals surface area contributed by atoms with Crippen molar-refractivity contribution in [2.75, 3.05) is 0 Å². The van der Waals surface area contributed by atoms with Crippen molar-refractivity contribution in [3.8, 4) is 0 Å². The molecule has 1 aliphatic carbocycles. The standard InChI is InChI=1S/C13H18ClN3O/c1-8-7-12(9(2)17-16-8)13(18)15-11-5-3-10(14)4-6-11/h7,10-11H,3-6H2,1-2H3,(H,15,18). The Balaban J connectivity index is 2.01. The summed E-state index contributed by atoms with van der Waals surface area (Å²) in [4.78, 5) is 12.2. The van der Waals surface area contributed by atoms with Crippen LogP contribution in [0.3, 0.4) is 0 Å². The Labute approximate surface area is 112 Å². The van der Waals surface area contributed by atoms with Crippen LogP contribution in [-0.2, 0) is 0 Å². The first-order valence-corrected chi connectivity index (χ1v) is 6.76. The van der Waals surface area contributed by atoms with Crippen molar-refractivity contribution in [1.29, 1.82) is 0 Å². The number of nitrogens with one attached hydrogen (secondary N) is 1. The molecule has 4 nitrogen and oxygen atoms in total. The summed E-state index contributed by atoms with van der Waals surface area (Å²) in [6, 6.07) is 2.02. The number of aryl methyl sites for hydroxylation is 2. The third-order valence-corrected chi connectivity index (χ3v) is 3.77. The van der Waals surface area contributed by atoms with E-state index in [2.05, 4.69) is 15.5 Å². The summed E-state index contributed by atoms with van der Waals surface area (Å²) in [5.41, 5.74) is 2.05. The number of aromatic nitrogens is 2. The minimum absolute atomic E-state index is 0.0523. The normalized spacial score (nSPS) is 23.7. The monoisotopic (exact) mass is 267 g/mol. The van der Waals surface area contributed by atoms with Gasteiger partial charge in [0.1, 0.15) is 0 Å². The highest BCUT2D eigenvalue weighted by Gasteiger charge is 2.22. The highest BCUT2D eigenvalue weighted by atomic mass is 35.5. The summed E-state index contributed by atoms with van der Waals surface area (Å²) in [6.07, 6.45) is 3.85. The SMILES string of the molecule is Cc1cc(C(=O)NC2CCC(Cl)CC2)c(C)nn1. The van der Waals surface area contributed by atoms with E-state index in [4.69, 9.17) is 11.6 Å². The highest BCUT2D eigenvalue weighted by molar-refractivity contribution is 6.20. The van der Waals surface area contributed by atoms with Gasteiger partial charge in [-0.25, -0.2) is 0 Å². The van der Waals surface area contributed by atoms with Crippen LogP contribution < -0.4 is 5.32 Å². The molecule has 0 unspecified atom stereocenters. The van der Waals surface area contributed by atoms with E-state index >= 15 is 0 Å². The zero-order chi connectivity index (χ0) is 13.1. The molecule has 1 saturated carbocycles.